The number of fused-ring (bicyclic) bond motifs is 2. The molecular weight excluding hydrogens is 254 g/mol. The first-order valence-electron chi connectivity index (χ1n) is 6.66. The third kappa shape index (κ3) is 1.51. The standard InChI is InChI=1S/C14H13N5O/c1-9-4-6-10(7-5-9)19-13-12(16-17-19)14(20)18-8-2-3-11(18)15-13/h4-7H,2-3,8H2,1H3. The van der Waals surface area contributed by atoms with Crippen molar-refractivity contribution in [2.45, 2.75) is 26.3 Å². The van der Waals surface area contributed by atoms with Crippen LogP contribution >= 0.6 is 0 Å². The average Bonchev–Trinajstić information content (AvgIpc) is 3.07. The lowest BCUT2D eigenvalue weighted by atomic mass is 10.2. The summed E-state index contributed by atoms with van der Waals surface area (Å²) in [5.41, 5.74) is 2.85. The highest BCUT2D eigenvalue weighted by atomic mass is 16.1. The van der Waals surface area contributed by atoms with Crippen LogP contribution in [0.1, 0.15) is 17.8 Å². The van der Waals surface area contributed by atoms with Gasteiger partial charge in [0.1, 0.15) is 5.82 Å². The summed E-state index contributed by atoms with van der Waals surface area (Å²) in [6.45, 7) is 2.76. The Balaban J connectivity index is 2.00. The first-order chi connectivity index (χ1) is 9.74. The fourth-order valence-electron chi connectivity index (χ4n) is 2.62. The summed E-state index contributed by atoms with van der Waals surface area (Å²) in [5.74, 6) is 0.832. The van der Waals surface area contributed by atoms with E-state index in [1.165, 1.54) is 5.56 Å². The minimum absolute atomic E-state index is 0.0825. The number of aromatic nitrogens is 5. The van der Waals surface area contributed by atoms with Gasteiger partial charge in [0.15, 0.2) is 11.2 Å². The Morgan fingerprint density at radius 2 is 2.00 bits per heavy atom. The van der Waals surface area contributed by atoms with Gasteiger partial charge in [-0.3, -0.25) is 9.36 Å². The monoisotopic (exact) mass is 267 g/mol. The van der Waals surface area contributed by atoms with Gasteiger partial charge in [-0.25, -0.2) is 4.98 Å². The van der Waals surface area contributed by atoms with Gasteiger partial charge >= 0.3 is 0 Å². The fraction of sp³-hybridized carbons (Fsp3) is 0.286. The minimum Gasteiger partial charge on any atom is -0.295 e. The number of hydrogen-bond acceptors (Lipinski definition) is 4. The van der Waals surface area contributed by atoms with Crippen LogP contribution in [-0.4, -0.2) is 24.5 Å². The summed E-state index contributed by atoms with van der Waals surface area (Å²) in [7, 11) is 0. The van der Waals surface area contributed by atoms with Crippen LogP contribution in [-0.2, 0) is 13.0 Å². The van der Waals surface area contributed by atoms with Gasteiger partial charge in [0.2, 0.25) is 0 Å². The largest absolute Gasteiger partial charge is 0.295 e. The Morgan fingerprint density at radius 1 is 1.20 bits per heavy atom. The molecule has 6 nitrogen and oxygen atoms in total. The molecule has 3 aromatic rings. The third-order valence-electron chi connectivity index (χ3n) is 3.70. The molecule has 20 heavy (non-hydrogen) atoms. The van der Waals surface area contributed by atoms with Crippen LogP contribution in [0.15, 0.2) is 29.1 Å². The zero-order valence-electron chi connectivity index (χ0n) is 11.1. The van der Waals surface area contributed by atoms with E-state index in [1.807, 2.05) is 31.2 Å². The molecule has 0 unspecified atom stereocenters. The summed E-state index contributed by atoms with van der Waals surface area (Å²) in [6, 6.07) is 7.91. The SMILES string of the molecule is Cc1ccc(-n2nnc3c(=O)n4c(nc32)CCC4)cc1. The van der Waals surface area contributed by atoms with E-state index >= 15 is 0 Å². The molecule has 100 valence electrons. The van der Waals surface area contributed by atoms with Crippen LogP contribution in [0.4, 0.5) is 0 Å². The van der Waals surface area contributed by atoms with E-state index in [0.717, 1.165) is 30.9 Å². The molecule has 0 saturated carbocycles. The molecule has 1 aromatic carbocycles. The minimum atomic E-state index is -0.0825. The quantitative estimate of drug-likeness (QED) is 0.665. The van der Waals surface area contributed by atoms with Crippen LogP contribution in [0.2, 0.25) is 0 Å². The Labute approximate surface area is 114 Å². The highest BCUT2D eigenvalue weighted by Gasteiger charge is 2.20. The van der Waals surface area contributed by atoms with Crippen molar-refractivity contribution in [3.63, 3.8) is 0 Å². The van der Waals surface area contributed by atoms with Gasteiger partial charge in [0, 0.05) is 13.0 Å². The zero-order valence-corrected chi connectivity index (χ0v) is 11.1. The van der Waals surface area contributed by atoms with Crippen LogP contribution < -0.4 is 5.56 Å². The van der Waals surface area contributed by atoms with E-state index in [4.69, 9.17) is 0 Å². The summed E-state index contributed by atoms with van der Waals surface area (Å²) in [5, 5.41) is 8.10. The van der Waals surface area contributed by atoms with Crippen molar-refractivity contribution in [1.82, 2.24) is 24.5 Å². The molecule has 0 saturated heterocycles. The normalized spacial score (nSPS) is 13.8. The molecule has 0 bridgehead atoms. The summed E-state index contributed by atoms with van der Waals surface area (Å²) in [6.07, 6.45) is 1.80. The Bertz CT molecular complexity index is 860. The van der Waals surface area contributed by atoms with Crippen molar-refractivity contribution in [3.8, 4) is 5.69 Å². The van der Waals surface area contributed by atoms with Crippen molar-refractivity contribution in [2.75, 3.05) is 0 Å². The highest BCUT2D eigenvalue weighted by molar-refractivity contribution is 5.70. The van der Waals surface area contributed by atoms with Crippen LogP contribution in [0.3, 0.4) is 0 Å². The van der Waals surface area contributed by atoms with Crippen LogP contribution in [0.5, 0.6) is 0 Å². The average molecular weight is 267 g/mol. The summed E-state index contributed by atoms with van der Waals surface area (Å²) in [4.78, 5) is 16.9. The van der Waals surface area contributed by atoms with Crippen LogP contribution in [0, 0.1) is 6.92 Å². The maximum atomic E-state index is 12.3. The molecule has 1 aliphatic heterocycles. The van der Waals surface area contributed by atoms with Gasteiger partial charge in [-0.05, 0) is 25.5 Å². The second-order valence-corrected chi connectivity index (χ2v) is 5.10. The lowest BCUT2D eigenvalue weighted by Gasteiger charge is -2.04. The van der Waals surface area contributed by atoms with Crippen molar-refractivity contribution in [3.05, 3.63) is 46.0 Å². The number of benzene rings is 1. The van der Waals surface area contributed by atoms with E-state index in [0.29, 0.717) is 11.2 Å². The molecule has 0 N–H and O–H groups in total. The molecule has 0 fully saturated rings. The fourth-order valence-corrected chi connectivity index (χ4v) is 2.62. The molecule has 0 spiro atoms. The topological polar surface area (TPSA) is 65.6 Å². The Hall–Kier alpha value is -2.50. The molecule has 0 aliphatic carbocycles. The summed E-state index contributed by atoms with van der Waals surface area (Å²) >= 11 is 0. The van der Waals surface area contributed by atoms with E-state index in [1.54, 1.807) is 9.25 Å². The van der Waals surface area contributed by atoms with Gasteiger partial charge in [0.25, 0.3) is 5.56 Å². The molecule has 1 aliphatic rings. The Morgan fingerprint density at radius 3 is 2.80 bits per heavy atom. The molecule has 0 atom stereocenters. The number of rotatable bonds is 1. The maximum Gasteiger partial charge on any atom is 0.283 e. The van der Waals surface area contributed by atoms with Crippen molar-refractivity contribution in [2.24, 2.45) is 0 Å². The molecule has 0 amide bonds. The zero-order chi connectivity index (χ0) is 13.7. The molecular formula is C14H13N5O. The smallest absolute Gasteiger partial charge is 0.283 e. The molecule has 0 radical (unpaired) electrons. The van der Waals surface area contributed by atoms with E-state index in [2.05, 4.69) is 15.3 Å². The predicted molar refractivity (Wildman–Crippen MR) is 74.0 cm³/mol. The van der Waals surface area contributed by atoms with Gasteiger partial charge in [-0.1, -0.05) is 22.9 Å². The number of nitrogens with zero attached hydrogens (tertiary/aromatic N) is 5. The van der Waals surface area contributed by atoms with Gasteiger partial charge in [-0.2, -0.15) is 4.68 Å². The van der Waals surface area contributed by atoms with E-state index < -0.39 is 0 Å². The second kappa shape index (κ2) is 4.00. The third-order valence-corrected chi connectivity index (χ3v) is 3.70. The molecule has 4 rings (SSSR count). The van der Waals surface area contributed by atoms with Gasteiger partial charge in [0.05, 0.1) is 5.69 Å². The van der Waals surface area contributed by atoms with Crippen molar-refractivity contribution in [1.29, 1.82) is 0 Å². The first kappa shape index (κ1) is 11.3. The maximum absolute atomic E-state index is 12.3. The molecule has 2 aromatic heterocycles. The highest BCUT2D eigenvalue weighted by Crippen LogP contribution is 2.16. The number of hydrogen-bond donors (Lipinski definition) is 0. The summed E-state index contributed by atoms with van der Waals surface area (Å²) < 4.78 is 3.34. The lowest BCUT2D eigenvalue weighted by Crippen LogP contribution is -2.21. The van der Waals surface area contributed by atoms with E-state index in [-0.39, 0.29) is 5.56 Å². The van der Waals surface area contributed by atoms with Crippen molar-refractivity contribution >= 4 is 11.2 Å². The van der Waals surface area contributed by atoms with Gasteiger partial charge < -0.3 is 0 Å². The lowest BCUT2D eigenvalue weighted by molar-refractivity contribution is 0.717. The van der Waals surface area contributed by atoms with Gasteiger partial charge in [-0.15, -0.1) is 5.10 Å². The second-order valence-electron chi connectivity index (χ2n) is 5.10. The predicted octanol–water partition coefficient (Wildman–Crippen LogP) is 1.23. The Kier molecular flexibility index (Phi) is 2.26. The number of aryl methyl sites for hydroxylation is 2. The first-order valence-corrected chi connectivity index (χ1v) is 6.66. The molecule has 3 heterocycles. The molecule has 6 heteroatoms. The van der Waals surface area contributed by atoms with Crippen molar-refractivity contribution < 1.29 is 0 Å². The van der Waals surface area contributed by atoms with Crippen LogP contribution in [0.25, 0.3) is 16.9 Å². The van der Waals surface area contributed by atoms with E-state index in [9.17, 15) is 4.79 Å².